The average Bonchev–Trinajstić information content (AvgIpc) is 2.66. The van der Waals surface area contributed by atoms with Gasteiger partial charge in [0.25, 0.3) is 0 Å². The lowest BCUT2D eigenvalue weighted by molar-refractivity contribution is 0.127. The quantitative estimate of drug-likeness (QED) is 0.518. The zero-order chi connectivity index (χ0) is 11.1. The number of aliphatic hydroxyl groups is 1. The fourth-order valence-electron chi connectivity index (χ4n) is 2.26. The molecule has 1 aliphatic rings. The number of nitrogens with zero attached hydrogens (tertiary/aromatic N) is 1. The Bertz CT molecular complexity index is 164. The summed E-state index contributed by atoms with van der Waals surface area (Å²) >= 11 is 4.21. The minimum atomic E-state index is -0.126. The smallest absolute Gasteiger partial charge is 0.0552 e. The van der Waals surface area contributed by atoms with Crippen LogP contribution in [0.5, 0.6) is 0 Å². The van der Waals surface area contributed by atoms with E-state index in [0.29, 0.717) is 5.92 Å². The zero-order valence-corrected chi connectivity index (χ0v) is 10.8. The normalized spacial score (nSPS) is 24.6. The molecule has 3 heteroatoms. The fraction of sp³-hybridized carbons (Fsp3) is 1.00. The lowest BCUT2D eigenvalue weighted by Crippen LogP contribution is -2.25. The van der Waals surface area contributed by atoms with Crippen LogP contribution in [0.25, 0.3) is 0 Å². The van der Waals surface area contributed by atoms with Gasteiger partial charge in [-0.15, -0.1) is 0 Å². The van der Waals surface area contributed by atoms with Gasteiger partial charge in [-0.1, -0.05) is 12.8 Å². The molecule has 2 nitrogen and oxygen atoms in total. The van der Waals surface area contributed by atoms with Gasteiger partial charge in [-0.2, -0.15) is 12.6 Å². The van der Waals surface area contributed by atoms with Crippen molar-refractivity contribution < 1.29 is 5.11 Å². The number of hydrogen-bond acceptors (Lipinski definition) is 3. The van der Waals surface area contributed by atoms with E-state index in [2.05, 4.69) is 17.5 Å². The van der Waals surface area contributed by atoms with E-state index in [-0.39, 0.29) is 6.10 Å². The van der Waals surface area contributed by atoms with Crippen LogP contribution in [0.2, 0.25) is 0 Å². The molecule has 0 amide bonds. The molecule has 1 rings (SSSR count). The number of hydrogen-bond donors (Lipinski definition) is 2. The first kappa shape index (κ1) is 13.3. The Morgan fingerprint density at radius 3 is 2.67 bits per heavy atom. The molecule has 1 heterocycles. The van der Waals surface area contributed by atoms with Gasteiger partial charge in [0, 0.05) is 6.54 Å². The van der Waals surface area contributed by atoms with Crippen LogP contribution in [-0.4, -0.2) is 41.5 Å². The van der Waals surface area contributed by atoms with Crippen molar-refractivity contribution in [2.45, 2.75) is 45.1 Å². The number of rotatable bonds is 7. The Hall–Kier alpha value is 0.270. The molecule has 90 valence electrons. The van der Waals surface area contributed by atoms with E-state index in [0.717, 1.165) is 12.3 Å². The molecule has 0 radical (unpaired) electrons. The van der Waals surface area contributed by atoms with E-state index in [1.807, 2.05) is 6.92 Å². The second kappa shape index (κ2) is 7.53. The molecule has 0 aliphatic carbocycles. The lowest BCUT2D eigenvalue weighted by Gasteiger charge is -2.17. The summed E-state index contributed by atoms with van der Waals surface area (Å²) in [5.41, 5.74) is 0. The lowest BCUT2D eigenvalue weighted by atomic mass is 10.0. The molecular weight excluding hydrogens is 206 g/mol. The van der Waals surface area contributed by atoms with Gasteiger partial charge in [0.2, 0.25) is 0 Å². The predicted molar refractivity (Wildman–Crippen MR) is 68.5 cm³/mol. The summed E-state index contributed by atoms with van der Waals surface area (Å²) in [5, 5.41) is 9.48. The minimum Gasteiger partial charge on any atom is -0.393 e. The van der Waals surface area contributed by atoms with Crippen molar-refractivity contribution in [3.63, 3.8) is 0 Å². The molecule has 0 aromatic carbocycles. The summed E-state index contributed by atoms with van der Waals surface area (Å²) in [5.74, 6) is 1.54. The Labute approximate surface area is 99.5 Å². The van der Waals surface area contributed by atoms with Crippen molar-refractivity contribution in [2.75, 3.05) is 25.4 Å². The molecule has 1 saturated heterocycles. The van der Waals surface area contributed by atoms with Crippen molar-refractivity contribution in [1.29, 1.82) is 0 Å². The highest BCUT2D eigenvalue weighted by atomic mass is 32.1. The van der Waals surface area contributed by atoms with Crippen LogP contribution in [0.3, 0.4) is 0 Å². The summed E-state index contributed by atoms with van der Waals surface area (Å²) in [6.45, 7) is 5.42. The number of aliphatic hydroxyl groups excluding tert-OH is 1. The Morgan fingerprint density at radius 2 is 2.07 bits per heavy atom. The van der Waals surface area contributed by atoms with Gasteiger partial charge in [0.05, 0.1) is 6.10 Å². The van der Waals surface area contributed by atoms with Gasteiger partial charge < -0.3 is 10.0 Å². The molecule has 2 atom stereocenters. The van der Waals surface area contributed by atoms with Crippen LogP contribution in [-0.2, 0) is 0 Å². The van der Waals surface area contributed by atoms with Crippen molar-refractivity contribution in [3.05, 3.63) is 0 Å². The second-order valence-electron chi connectivity index (χ2n) is 4.73. The Balaban J connectivity index is 1.99. The third-order valence-corrected chi connectivity index (χ3v) is 3.69. The maximum Gasteiger partial charge on any atom is 0.0552 e. The molecule has 1 aliphatic heterocycles. The minimum absolute atomic E-state index is 0.126. The number of unbranched alkanes of at least 4 members (excludes halogenated alkanes) is 3. The van der Waals surface area contributed by atoms with E-state index in [1.165, 1.54) is 45.2 Å². The van der Waals surface area contributed by atoms with E-state index in [1.54, 1.807) is 0 Å². The van der Waals surface area contributed by atoms with Crippen LogP contribution in [0, 0.1) is 5.92 Å². The van der Waals surface area contributed by atoms with Crippen LogP contribution < -0.4 is 0 Å². The second-order valence-corrected chi connectivity index (χ2v) is 5.18. The first-order valence-electron chi connectivity index (χ1n) is 6.25. The molecular formula is C12H25NOS. The van der Waals surface area contributed by atoms with Crippen LogP contribution in [0.1, 0.15) is 39.0 Å². The number of likely N-dealkylation sites (tertiary alicyclic amines) is 1. The summed E-state index contributed by atoms with van der Waals surface area (Å²) < 4.78 is 0. The van der Waals surface area contributed by atoms with Crippen LogP contribution in [0.15, 0.2) is 0 Å². The van der Waals surface area contributed by atoms with Gasteiger partial charge in [-0.25, -0.2) is 0 Å². The molecule has 1 fully saturated rings. The molecule has 1 N–H and O–H groups in total. The summed E-state index contributed by atoms with van der Waals surface area (Å²) in [4.78, 5) is 2.50. The number of thiol groups is 1. The van der Waals surface area contributed by atoms with E-state index in [9.17, 15) is 5.11 Å². The third-order valence-electron chi connectivity index (χ3n) is 3.37. The van der Waals surface area contributed by atoms with Crippen molar-refractivity contribution >= 4 is 12.6 Å². The van der Waals surface area contributed by atoms with Crippen molar-refractivity contribution in [2.24, 2.45) is 5.92 Å². The van der Waals surface area contributed by atoms with E-state index >= 15 is 0 Å². The highest BCUT2D eigenvalue weighted by Gasteiger charge is 2.25. The van der Waals surface area contributed by atoms with Gasteiger partial charge in [-0.05, 0) is 50.9 Å². The summed E-state index contributed by atoms with van der Waals surface area (Å²) in [6, 6.07) is 0. The molecule has 2 unspecified atom stereocenters. The first-order chi connectivity index (χ1) is 7.24. The average molecular weight is 231 g/mol. The third kappa shape index (κ3) is 5.23. The zero-order valence-electron chi connectivity index (χ0n) is 9.86. The van der Waals surface area contributed by atoms with Crippen molar-refractivity contribution in [1.82, 2.24) is 4.90 Å². The Morgan fingerprint density at radius 1 is 1.33 bits per heavy atom. The highest BCUT2D eigenvalue weighted by molar-refractivity contribution is 7.80. The standard InChI is InChI=1S/C12H25NOS/c1-11(14)12-6-8-13(10-12)7-4-2-3-5-9-15/h11-12,14-15H,2-10H2,1H3. The molecule has 0 spiro atoms. The SMILES string of the molecule is CC(O)C1CCN(CCCCCCS)C1. The Kier molecular flexibility index (Phi) is 6.69. The van der Waals surface area contributed by atoms with Gasteiger partial charge in [0.15, 0.2) is 0 Å². The highest BCUT2D eigenvalue weighted by Crippen LogP contribution is 2.19. The predicted octanol–water partition coefficient (Wildman–Crippen LogP) is 2.18. The summed E-state index contributed by atoms with van der Waals surface area (Å²) in [7, 11) is 0. The fourth-order valence-corrected chi connectivity index (χ4v) is 2.48. The summed E-state index contributed by atoms with van der Waals surface area (Å²) in [6.07, 6.45) is 6.25. The van der Waals surface area contributed by atoms with Gasteiger partial charge >= 0.3 is 0 Å². The molecule has 0 aromatic rings. The van der Waals surface area contributed by atoms with Crippen LogP contribution in [0.4, 0.5) is 0 Å². The molecule has 0 aromatic heterocycles. The maximum atomic E-state index is 9.48. The maximum absolute atomic E-state index is 9.48. The van der Waals surface area contributed by atoms with Crippen molar-refractivity contribution in [3.8, 4) is 0 Å². The van der Waals surface area contributed by atoms with Gasteiger partial charge in [-0.3, -0.25) is 0 Å². The largest absolute Gasteiger partial charge is 0.393 e. The van der Waals surface area contributed by atoms with E-state index < -0.39 is 0 Å². The van der Waals surface area contributed by atoms with E-state index in [4.69, 9.17) is 0 Å². The molecule has 0 saturated carbocycles. The molecule has 0 bridgehead atoms. The first-order valence-corrected chi connectivity index (χ1v) is 6.88. The molecule has 15 heavy (non-hydrogen) atoms. The topological polar surface area (TPSA) is 23.5 Å². The monoisotopic (exact) mass is 231 g/mol. The van der Waals surface area contributed by atoms with Gasteiger partial charge in [0.1, 0.15) is 0 Å². The van der Waals surface area contributed by atoms with Crippen LogP contribution >= 0.6 is 12.6 Å².